The van der Waals surface area contributed by atoms with Crippen molar-refractivity contribution in [1.82, 2.24) is 10.2 Å². The molecule has 0 atom stereocenters. The summed E-state index contributed by atoms with van der Waals surface area (Å²) in [5.74, 6) is -3.89. The molecule has 1 rings (SSSR count). The summed E-state index contributed by atoms with van der Waals surface area (Å²) in [6, 6.07) is 0.339. The molecule has 102 valence electrons. The van der Waals surface area contributed by atoms with Crippen molar-refractivity contribution in [1.29, 1.82) is 0 Å². The zero-order valence-corrected chi connectivity index (χ0v) is 10.1. The number of halogens is 4. The van der Waals surface area contributed by atoms with Gasteiger partial charge in [0.25, 0.3) is 0 Å². The Bertz CT molecular complexity index is 216. The Morgan fingerprint density at radius 2 is 1.88 bits per heavy atom. The van der Waals surface area contributed by atoms with Crippen LogP contribution in [0.5, 0.6) is 0 Å². The minimum absolute atomic E-state index is 0.339. The Kier molecular flexibility index (Phi) is 5.66. The quantitative estimate of drug-likeness (QED) is 0.734. The maximum atomic E-state index is 12.8. The van der Waals surface area contributed by atoms with Crippen LogP contribution in [0, 0.1) is 0 Å². The number of likely N-dealkylation sites (tertiary alicyclic amines) is 1. The van der Waals surface area contributed by atoms with Crippen LogP contribution >= 0.6 is 0 Å². The third-order valence-corrected chi connectivity index (χ3v) is 3.02. The lowest BCUT2D eigenvalue weighted by Crippen LogP contribution is -2.48. The molecule has 0 unspecified atom stereocenters. The topological polar surface area (TPSA) is 15.3 Å². The maximum Gasteiger partial charge on any atom is 0.319 e. The summed E-state index contributed by atoms with van der Waals surface area (Å²) in [5, 5.41) is 3.32. The largest absolute Gasteiger partial charge is 0.319 e. The number of alkyl halides is 4. The van der Waals surface area contributed by atoms with E-state index in [4.69, 9.17) is 0 Å². The van der Waals surface area contributed by atoms with Crippen LogP contribution in [0.15, 0.2) is 0 Å². The number of nitrogens with zero attached hydrogens (tertiary/aromatic N) is 1. The van der Waals surface area contributed by atoms with E-state index in [1.54, 1.807) is 0 Å². The van der Waals surface area contributed by atoms with Crippen LogP contribution in [-0.4, -0.2) is 49.5 Å². The second-order valence-corrected chi connectivity index (χ2v) is 4.57. The first-order valence-corrected chi connectivity index (χ1v) is 6.07. The molecule has 1 saturated heterocycles. The summed E-state index contributed by atoms with van der Waals surface area (Å²) in [4.78, 5) is 1.43. The first kappa shape index (κ1) is 14.7. The first-order chi connectivity index (χ1) is 7.95. The van der Waals surface area contributed by atoms with Gasteiger partial charge in [0, 0.05) is 6.04 Å². The molecule has 0 bridgehead atoms. The molecule has 0 spiro atoms. The summed E-state index contributed by atoms with van der Waals surface area (Å²) in [6.07, 6.45) is -1.04. The van der Waals surface area contributed by atoms with Gasteiger partial charge in [-0.05, 0) is 38.9 Å². The van der Waals surface area contributed by atoms with Gasteiger partial charge < -0.3 is 5.32 Å². The van der Waals surface area contributed by atoms with E-state index in [1.165, 1.54) is 4.90 Å². The van der Waals surface area contributed by atoms with Gasteiger partial charge in [0.2, 0.25) is 0 Å². The van der Waals surface area contributed by atoms with Gasteiger partial charge >= 0.3 is 12.3 Å². The van der Waals surface area contributed by atoms with E-state index in [2.05, 4.69) is 12.2 Å². The molecule has 0 saturated carbocycles. The third kappa shape index (κ3) is 4.79. The number of hydrogen-bond acceptors (Lipinski definition) is 2. The lowest BCUT2D eigenvalue weighted by atomic mass is 10.0. The summed E-state index contributed by atoms with van der Waals surface area (Å²) in [7, 11) is 0. The summed E-state index contributed by atoms with van der Waals surface area (Å²) < 4.78 is 49.7. The highest BCUT2D eigenvalue weighted by atomic mass is 19.3. The zero-order chi connectivity index (χ0) is 12.9. The fourth-order valence-electron chi connectivity index (χ4n) is 2.01. The number of nitrogens with one attached hydrogen (secondary N) is 1. The molecule has 0 aromatic carbocycles. The van der Waals surface area contributed by atoms with Crippen LogP contribution in [-0.2, 0) is 0 Å². The van der Waals surface area contributed by atoms with E-state index in [0.29, 0.717) is 19.1 Å². The van der Waals surface area contributed by atoms with Crippen LogP contribution in [0.2, 0.25) is 0 Å². The summed E-state index contributed by atoms with van der Waals surface area (Å²) >= 11 is 0. The lowest BCUT2D eigenvalue weighted by Gasteiger charge is -2.34. The normalized spacial score (nSPS) is 20.1. The van der Waals surface area contributed by atoms with Crippen LogP contribution in [0.4, 0.5) is 17.6 Å². The number of rotatable bonds is 6. The Hall–Kier alpha value is -0.360. The van der Waals surface area contributed by atoms with Crippen molar-refractivity contribution in [2.24, 2.45) is 0 Å². The molecule has 0 aromatic rings. The van der Waals surface area contributed by atoms with Gasteiger partial charge in [0.15, 0.2) is 0 Å². The number of piperidine rings is 1. The van der Waals surface area contributed by atoms with Gasteiger partial charge in [-0.1, -0.05) is 6.92 Å². The van der Waals surface area contributed by atoms with E-state index in [0.717, 1.165) is 25.8 Å². The Balaban J connectivity index is 2.27. The van der Waals surface area contributed by atoms with Gasteiger partial charge in [-0.15, -0.1) is 0 Å². The maximum absolute atomic E-state index is 12.8. The fourth-order valence-corrected chi connectivity index (χ4v) is 2.01. The molecule has 0 radical (unpaired) electrons. The minimum Gasteiger partial charge on any atom is -0.314 e. The van der Waals surface area contributed by atoms with Gasteiger partial charge in [-0.25, -0.2) is 8.78 Å². The molecule has 0 amide bonds. The molecular formula is C11H20F4N2. The highest BCUT2D eigenvalue weighted by Gasteiger charge is 2.42. The summed E-state index contributed by atoms with van der Waals surface area (Å²) in [5.41, 5.74) is 0. The predicted molar refractivity (Wildman–Crippen MR) is 58.7 cm³/mol. The fraction of sp³-hybridized carbons (Fsp3) is 1.00. The third-order valence-electron chi connectivity index (χ3n) is 3.02. The molecule has 6 heteroatoms. The van der Waals surface area contributed by atoms with Gasteiger partial charge in [-0.2, -0.15) is 8.78 Å². The van der Waals surface area contributed by atoms with Crippen LogP contribution < -0.4 is 5.32 Å². The monoisotopic (exact) mass is 256 g/mol. The first-order valence-electron chi connectivity index (χ1n) is 6.07. The molecular weight excluding hydrogens is 236 g/mol. The standard InChI is InChI=1S/C11H20F4N2/c1-2-5-16-9-3-6-17(7-4-9)8-11(14,15)10(12)13/h9-10,16H,2-8H2,1H3. The van der Waals surface area contributed by atoms with Gasteiger partial charge in [-0.3, -0.25) is 4.90 Å². The van der Waals surface area contributed by atoms with Gasteiger partial charge in [0.05, 0.1) is 6.54 Å². The van der Waals surface area contributed by atoms with E-state index in [1.807, 2.05) is 0 Å². The average molecular weight is 256 g/mol. The zero-order valence-electron chi connectivity index (χ0n) is 10.1. The van der Waals surface area contributed by atoms with Crippen molar-refractivity contribution in [3.8, 4) is 0 Å². The van der Waals surface area contributed by atoms with Crippen molar-refractivity contribution in [2.45, 2.75) is 44.6 Å². The molecule has 2 nitrogen and oxygen atoms in total. The second-order valence-electron chi connectivity index (χ2n) is 4.57. The van der Waals surface area contributed by atoms with E-state index in [-0.39, 0.29) is 0 Å². The Labute approximate surface area is 99.4 Å². The van der Waals surface area contributed by atoms with Crippen LogP contribution in [0.3, 0.4) is 0 Å². The van der Waals surface area contributed by atoms with Gasteiger partial charge in [0.1, 0.15) is 0 Å². The van der Waals surface area contributed by atoms with Crippen molar-refractivity contribution >= 4 is 0 Å². The van der Waals surface area contributed by atoms with Crippen molar-refractivity contribution in [2.75, 3.05) is 26.2 Å². The molecule has 1 aliphatic rings. The molecule has 1 fully saturated rings. The highest BCUT2D eigenvalue weighted by molar-refractivity contribution is 4.81. The Morgan fingerprint density at radius 1 is 1.29 bits per heavy atom. The minimum atomic E-state index is -3.89. The van der Waals surface area contributed by atoms with Crippen molar-refractivity contribution in [3.05, 3.63) is 0 Å². The molecule has 0 aromatic heterocycles. The van der Waals surface area contributed by atoms with Crippen LogP contribution in [0.25, 0.3) is 0 Å². The lowest BCUT2D eigenvalue weighted by molar-refractivity contribution is -0.144. The van der Waals surface area contributed by atoms with E-state index in [9.17, 15) is 17.6 Å². The molecule has 0 aliphatic carbocycles. The van der Waals surface area contributed by atoms with Crippen molar-refractivity contribution in [3.63, 3.8) is 0 Å². The summed E-state index contributed by atoms with van der Waals surface area (Å²) in [6.45, 7) is 3.07. The average Bonchev–Trinajstić information content (AvgIpc) is 2.27. The molecule has 17 heavy (non-hydrogen) atoms. The van der Waals surface area contributed by atoms with E-state index < -0.39 is 18.9 Å². The smallest absolute Gasteiger partial charge is 0.314 e. The van der Waals surface area contributed by atoms with Crippen molar-refractivity contribution < 1.29 is 17.6 Å². The number of hydrogen-bond donors (Lipinski definition) is 1. The Morgan fingerprint density at radius 3 is 2.35 bits per heavy atom. The molecule has 1 aliphatic heterocycles. The predicted octanol–water partition coefficient (Wildman–Crippen LogP) is 2.35. The second kappa shape index (κ2) is 6.54. The SMILES string of the molecule is CCCNC1CCN(CC(F)(F)C(F)F)CC1. The van der Waals surface area contributed by atoms with Crippen LogP contribution in [0.1, 0.15) is 26.2 Å². The molecule has 1 heterocycles. The van der Waals surface area contributed by atoms with E-state index >= 15 is 0 Å². The highest BCUT2D eigenvalue weighted by Crippen LogP contribution is 2.25. The molecule has 1 N–H and O–H groups in total.